The number of rotatable bonds is 6. The quantitative estimate of drug-likeness (QED) is 0.813. The van der Waals surface area contributed by atoms with Crippen molar-refractivity contribution < 1.29 is 4.79 Å². The number of nitrogens with zero attached hydrogens (tertiary/aromatic N) is 2. The first-order valence-corrected chi connectivity index (χ1v) is 8.90. The summed E-state index contributed by atoms with van der Waals surface area (Å²) in [6.45, 7) is 5.83. The number of amides is 1. The predicted molar refractivity (Wildman–Crippen MR) is 107 cm³/mol. The Morgan fingerprint density at radius 3 is 2.92 bits per heavy atom. The van der Waals surface area contributed by atoms with E-state index in [1.807, 2.05) is 24.4 Å². The van der Waals surface area contributed by atoms with Gasteiger partial charge in [0.25, 0.3) is 0 Å². The molecule has 1 aliphatic rings. The third kappa shape index (κ3) is 5.53. The van der Waals surface area contributed by atoms with Crippen molar-refractivity contribution >= 4 is 18.3 Å². The number of piperazine rings is 1. The summed E-state index contributed by atoms with van der Waals surface area (Å²) >= 11 is 0. The molecule has 1 aliphatic heterocycles. The zero-order valence-corrected chi connectivity index (χ0v) is 16.0. The summed E-state index contributed by atoms with van der Waals surface area (Å²) in [5.41, 5.74) is 3.72. The van der Waals surface area contributed by atoms with Gasteiger partial charge >= 0.3 is 0 Å². The maximum Gasteiger partial charge on any atom is 0.234 e. The first-order chi connectivity index (χ1) is 12.2. The normalized spacial score (nSPS) is 17.3. The van der Waals surface area contributed by atoms with E-state index in [9.17, 15) is 4.79 Å². The van der Waals surface area contributed by atoms with Gasteiger partial charge < -0.3 is 10.6 Å². The van der Waals surface area contributed by atoms with Crippen molar-refractivity contribution in [3.05, 3.63) is 65.5 Å². The Morgan fingerprint density at radius 2 is 2.15 bits per heavy atom. The molecule has 2 N–H and O–H groups in total. The molecule has 140 valence electrons. The zero-order valence-electron chi connectivity index (χ0n) is 15.1. The average Bonchev–Trinajstić information content (AvgIpc) is 2.64. The lowest BCUT2D eigenvalue weighted by molar-refractivity contribution is -0.123. The Hall–Kier alpha value is -1.95. The lowest BCUT2D eigenvalue weighted by Gasteiger charge is -2.35. The average molecular weight is 375 g/mol. The van der Waals surface area contributed by atoms with Gasteiger partial charge in [0.2, 0.25) is 5.91 Å². The van der Waals surface area contributed by atoms with Gasteiger partial charge in [-0.2, -0.15) is 0 Å². The number of hydrogen-bond acceptors (Lipinski definition) is 4. The van der Waals surface area contributed by atoms with Gasteiger partial charge in [0.05, 0.1) is 6.54 Å². The second kappa shape index (κ2) is 10.3. The number of carbonyl (C=O) groups is 1. The highest BCUT2D eigenvalue weighted by molar-refractivity contribution is 5.85. The van der Waals surface area contributed by atoms with Crippen LogP contribution in [0.15, 0.2) is 48.8 Å². The van der Waals surface area contributed by atoms with E-state index in [0.717, 1.165) is 31.6 Å². The number of aryl methyl sites for hydroxylation is 1. The van der Waals surface area contributed by atoms with E-state index < -0.39 is 0 Å². The number of halogens is 1. The van der Waals surface area contributed by atoms with Crippen molar-refractivity contribution in [3.8, 4) is 0 Å². The molecule has 26 heavy (non-hydrogen) atoms. The molecule has 1 aromatic carbocycles. The Kier molecular flexibility index (Phi) is 8.04. The molecule has 1 atom stereocenters. The molecule has 1 amide bonds. The van der Waals surface area contributed by atoms with Crippen LogP contribution in [0.2, 0.25) is 0 Å². The summed E-state index contributed by atoms with van der Waals surface area (Å²) in [5.74, 6) is 0.0874. The summed E-state index contributed by atoms with van der Waals surface area (Å²) in [4.78, 5) is 18.8. The van der Waals surface area contributed by atoms with Crippen molar-refractivity contribution in [3.63, 3.8) is 0 Å². The molecular formula is C20H27ClN4O. The topological polar surface area (TPSA) is 57.3 Å². The van der Waals surface area contributed by atoms with Crippen LogP contribution in [0.1, 0.15) is 22.7 Å². The fourth-order valence-corrected chi connectivity index (χ4v) is 3.30. The van der Waals surface area contributed by atoms with Crippen LogP contribution in [0.25, 0.3) is 0 Å². The van der Waals surface area contributed by atoms with Crippen LogP contribution < -0.4 is 10.6 Å². The molecule has 1 unspecified atom stereocenters. The summed E-state index contributed by atoms with van der Waals surface area (Å²) in [6, 6.07) is 12.5. The van der Waals surface area contributed by atoms with Gasteiger partial charge in [-0.3, -0.25) is 14.7 Å². The van der Waals surface area contributed by atoms with E-state index in [1.165, 1.54) is 11.1 Å². The van der Waals surface area contributed by atoms with Crippen molar-refractivity contribution in [2.45, 2.75) is 19.4 Å². The molecule has 2 aromatic rings. The molecule has 0 bridgehead atoms. The van der Waals surface area contributed by atoms with Crippen molar-refractivity contribution in [1.29, 1.82) is 0 Å². The molecule has 6 heteroatoms. The van der Waals surface area contributed by atoms with Gasteiger partial charge in [-0.1, -0.05) is 30.3 Å². The molecule has 0 saturated carbocycles. The number of benzene rings is 1. The van der Waals surface area contributed by atoms with Crippen molar-refractivity contribution in [1.82, 2.24) is 20.5 Å². The molecule has 1 fully saturated rings. The summed E-state index contributed by atoms with van der Waals surface area (Å²) in [7, 11) is 0. The monoisotopic (exact) mass is 374 g/mol. The molecule has 1 aromatic heterocycles. The number of nitrogens with one attached hydrogen (secondary N) is 2. The summed E-state index contributed by atoms with van der Waals surface area (Å²) in [6.07, 6.45) is 4.54. The SMILES string of the molecule is Cc1ccccc1CCNC(=O)CN1CCNCC1c1cccnc1.Cl. The minimum Gasteiger partial charge on any atom is -0.355 e. The molecule has 0 aliphatic carbocycles. The molecule has 5 nitrogen and oxygen atoms in total. The largest absolute Gasteiger partial charge is 0.355 e. The van der Waals surface area contributed by atoms with Gasteiger partial charge in [-0.25, -0.2) is 0 Å². The molecular weight excluding hydrogens is 348 g/mol. The van der Waals surface area contributed by atoms with E-state index in [4.69, 9.17) is 0 Å². The fourth-order valence-electron chi connectivity index (χ4n) is 3.30. The van der Waals surface area contributed by atoms with Crippen LogP contribution in [-0.4, -0.2) is 48.5 Å². The third-order valence-electron chi connectivity index (χ3n) is 4.75. The van der Waals surface area contributed by atoms with E-state index >= 15 is 0 Å². The highest BCUT2D eigenvalue weighted by Crippen LogP contribution is 2.20. The molecule has 0 spiro atoms. The van der Waals surface area contributed by atoms with Gasteiger partial charge in [0.1, 0.15) is 0 Å². The van der Waals surface area contributed by atoms with E-state index in [2.05, 4.69) is 45.6 Å². The first-order valence-electron chi connectivity index (χ1n) is 8.90. The van der Waals surface area contributed by atoms with Crippen LogP contribution in [0.4, 0.5) is 0 Å². The Labute approximate surface area is 161 Å². The zero-order chi connectivity index (χ0) is 17.5. The van der Waals surface area contributed by atoms with Crippen LogP contribution in [-0.2, 0) is 11.2 Å². The van der Waals surface area contributed by atoms with Crippen molar-refractivity contribution in [2.24, 2.45) is 0 Å². The Bertz CT molecular complexity index is 695. The summed E-state index contributed by atoms with van der Waals surface area (Å²) < 4.78 is 0. The Morgan fingerprint density at radius 1 is 1.31 bits per heavy atom. The minimum absolute atomic E-state index is 0. The standard InChI is InChI=1S/C20H26N4O.ClH/c1-16-5-2-3-6-17(16)8-10-23-20(25)15-24-12-11-22-14-19(24)18-7-4-9-21-13-18;/h2-7,9,13,19,22H,8,10-12,14-15H2,1H3,(H,23,25);1H. The second-order valence-electron chi connectivity index (χ2n) is 6.50. The van der Waals surface area contributed by atoms with Crippen LogP contribution in [0.5, 0.6) is 0 Å². The number of carbonyl (C=O) groups excluding carboxylic acids is 1. The van der Waals surface area contributed by atoms with Gasteiger partial charge in [0, 0.05) is 44.6 Å². The van der Waals surface area contributed by atoms with Gasteiger partial charge in [-0.05, 0) is 36.1 Å². The van der Waals surface area contributed by atoms with Crippen LogP contribution in [0, 0.1) is 6.92 Å². The number of aromatic nitrogens is 1. The molecule has 3 rings (SSSR count). The lowest BCUT2D eigenvalue weighted by atomic mass is 10.1. The van der Waals surface area contributed by atoms with Gasteiger partial charge in [-0.15, -0.1) is 12.4 Å². The van der Waals surface area contributed by atoms with Crippen LogP contribution in [0.3, 0.4) is 0 Å². The fraction of sp³-hybridized carbons (Fsp3) is 0.400. The van der Waals surface area contributed by atoms with Crippen LogP contribution >= 0.6 is 12.4 Å². The van der Waals surface area contributed by atoms with Gasteiger partial charge in [0.15, 0.2) is 0 Å². The third-order valence-corrected chi connectivity index (χ3v) is 4.75. The molecule has 2 heterocycles. The van der Waals surface area contributed by atoms with E-state index in [-0.39, 0.29) is 24.4 Å². The smallest absolute Gasteiger partial charge is 0.234 e. The highest BCUT2D eigenvalue weighted by atomic mass is 35.5. The van der Waals surface area contributed by atoms with E-state index in [1.54, 1.807) is 6.20 Å². The molecule has 1 saturated heterocycles. The second-order valence-corrected chi connectivity index (χ2v) is 6.50. The van der Waals surface area contributed by atoms with Crippen molar-refractivity contribution in [2.75, 3.05) is 32.7 Å². The predicted octanol–water partition coefficient (Wildman–Crippen LogP) is 2.12. The molecule has 0 radical (unpaired) electrons. The highest BCUT2D eigenvalue weighted by Gasteiger charge is 2.25. The minimum atomic E-state index is 0. The maximum absolute atomic E-state index is 12.4. The van der Waals surface area contributed by atoms with E-state index in [0.29, 0.717) is 13.1 Å². The number of hydrogen-bond donors (Lipinski definition) is 2. The lowest BCUT2D eigenvalue weighted by Crippen LogP contribution is -2.49. The number of pyridine rings is 1. The maximum atomic E-state index is 12.4. The summed E-state index contributed by atoms with van der Waals surface area (Å²) in [5, 5.41) is 6.47. The first kappa shape index (κ1) is 20.4. The Balaban J connectivity index is 0.00000243.